The number of carbonyl (C=O) groups is 1. The third-order valence-corrected chi connectivity index (χ3v) is 2.76. The van der Waals surface area contributed by atoms with E-state index in [0.29, 0.717) is 5.56 Å². The van der Waals surface area contributed by atoms with Crippen LogP contribution in [0.25, 0.3) is 0 Å². The Bertz CT molecular complexity index is 547. The molecule has 3 nitrogen and oxygen atoms in total. The third kappa shape index (κ3) is 2.69. The van der Waals surface area contributed by atoms with Gasteiger partial charge in [-0.25, -0.2) is 0 Å². The monoisotopic (exact) mass is 240 g/mol. The van der Waals surface area contributed by atoms with Crippen LogP contribution in [0, 0.1) is 6.92 Å². The maximum atomic E-state index is 12.1. The molecule has 0 fully saturated rings. The van der Waals surface area contributed by atoms with Crippen LogP contribution in [0.2, 0.25) is 0 Å². The van der Waals surface area contributed by atoms with Crippen LogP contribution in [0.3, 0.4) is 0 Å². The summed E-state index contributed by atoms with van der Waals surface area (Å²) in [5.41, 5.74) is 3.48. The Kier molecular flexibility index (Phi) is 3.63. The van der Waals surface area contributed by atoms with Crippen LogP contribution < -0.4 is 10.6 Å². The number of nitrogens with one attached hydrogen (secondary N) is 2. The van der Waals surface area contributed by atoms with Crippen LogP contribution >= 0.6 is 0 Å². The van der Waals surface area contributed by atoms with Crippen LogP contribution in [0.1, 0.15) is 15.9 Å². The summed E-state index contributed by atoms with van der Waals surface area (Å²) < 4.78 is 0. The van der Waals surface area contributed by atoms with Crippen molar-refractivity contribution >= 4 is 17.3 Å². The fourth-order valence-corrected chi connectivity index (χ4v) is 1.71. The molecule has 92 valence electrons. The highest BCUT2D eigenvalue weighted by Crippen LogP contribution is 2.20. The summed E-state index contributed by atoms with van der Waals surface area (Å²) in [7, 11) is 1.83. The molecule has 2 N–H and O–H groups in total. The molecule has 3 heteroatoms. The van der Waals surface area contributed by atoms with Gasteiger partial charge in [0.05, 0.1) is 11.4 Å². The van der Waals surface area contributed by atoms with Gasteiger partial charge in [0.25, 0.3) is 5.91 Å². The quantitative estimate of drug-likeness (QED) is 0.864. The van der Waals surface area contributed by atoms with Crippen LogP contribution in [0.4, 0.5) is 11.4 Å². The average Bonchev–Trinajstić information content (AvgIpc) is 2.40. The molecule has 2 aromatic carbocycles. The molecule has 0 aliphatic heterocycles. The lowest BCUT2D eigenvalue weighted by atomic mass is 10.1. The van der Waals surface area contributed by atoms with Crippen molar-refractivity contribution < 1.29 is 4.79 Å². The smallest absolute Gasteiger partial charge is 0.255 e. The molecule has 0 aliphatic carbocycles. The summed E-state index contributed by atoms with van der Waals surface area (Å²) in [6.45, 7) is 2.00. The van der Waals surface area contributed by atoms with Crippen molar-refractivity contribution in [2.24, 2.45) is 0 Å². The van der Waals surface area contributed by atoms with E-state index in [2.05, 4.69) is 10.6 Å². The molecule has 0 radical (unpaired) electrons. The molecule has 0 aliphatic rings. The van der Waals surface area contributed by atoms with Crippen molar-refractivity contribution in [1.82, 2.24) is 0 Å². The van der Waals surface area contributed by atoms with E-state index in [-0.39, 0.29) is 5.91 Å². The van der Waals surface area contributed by atoms with Gasteiger partial charge < -0.3 is 10.6 Å². The SMILES string of the molecule is CNc1ccccc1NC(=O)c1ccc(C)cc1. The topological polar surface area (TPSA) is 41.1 Å². The summed E-state index contributed by atoms with van der Waals surface area (Å²) in [6.07, 6.45) is 0. The molecule has 0 atom stereocenters. The predicted molar refractivity (Wildman–Crippen MR) is 75.1 cm³/mol. The minimum absolute atomic E-state index is 0.0994. The molecule has 1 amide bonds. The predicted octanol–water partition coefficient (Wildman–Crippen LogP) is 3.29. The molecule has 0 saturated heterocycles. The van der Waals surface area contributed by atoms with Crippen LogP contribution in [-0.2, 0) is 0 Å². The Morgan fingerprint density at radius 3 is 2.17 bits per heavy atom. The number of hydrogen-bond donors (Lipinski definition) is 2. The number of anilines is 2. The molecular formula is C15H16N2O. The molecule has 0 aromatic heterocycles. The van der Waals surface area contributed by atoms with E-state index in [1.54, 1.807) is 0 Å². The summed E-state index contributed by atoms with van der Waals surface area (Å²) in [5.74, 6) is -0.0994. The number of benzene rings is 2. The first kappa shape index (κ1) is 12.2. The fraction of sp³-hybridized carbons (Fsp3) is 0.133. The van der Waals surface area contributed by atoms with E-state index < -0.39 is 0 Å². The molecular weight excluding hydrogens is 224 g/mol. The molecule has 0 bridgehead atoms. The van der Waals surface area contributed by atoms with Crippen molar-refractivity contribution in [2.45, 2.75) is 6.92 Å². The first-order valence-electron chi connectivity index (χ1n) is 5.85. The number of hydrogen-bond acceptors (Lipinski definition) is 2. The standard InChI is InChI=1S/C15H16N2O/c1-11-7-9-12(10-8-11)15(18)17-14-6-4-3-5-13(14)16-2/h3-10,16H,1-2H3,(H,17,18). The van der Waals surface area contributed by atoms with Crippen molar-refractivity contribution in [1.29, 1.82) is 0 Å². The molecule has 0 heterocycles. The summed E-state index contributed by atoms with van der Waals surface area (Å²) in [4.78, 5) is 12.1. The fourth-order valence-electron chi connectivity index (χ4n) is 1.71. The maximum absolute atomic E-state index is 12.1. The number of amides is 1. The highest BCUT2D eigenvalue weighted by molar-refractivity contribution is 6.05. The lowest BCUT2D eigenvalue weighted by Crippen LogP contribution is -2.12. The van der Waals surface area contributed by atoms with Gasteiger partial charge >= 0.3 is 0 Å². The Morgan fingerprint density at radius 1 is 0.944 bits per heavy atom. The Morgan fingerprint density at radius 2 is 1.56 bits per heavy atom. The second kappa shape index (κ2) is 5.36. The minimum Gasteiger partial charge on any atom is -0.386 e. The van der Waals surface area contributed by atoms with Crippen LogP contribution in [-0.4, -0.2) is 13.0 Å². The molecule has 0 saturated carbocycles. The largest absolute Gasteiger partial charge is 0.386 e. The number of carbonyl (C=O) groups excluding carboxylic acids is 1. The molecule has 0 spiro atoms. The molecule has 2 rings (SSSR count). The first-order valence-corrected chi connectivity index (χ1v) is 5.85. The highest BCUT2D eigenvalue weighted by atomic mass is 16.1. The van der Waals surface area contributed by atoms with E-state index >= 15 is 0 Å². The molecule has 18 heavy (non-hydrogen) atoms. The first-order chi connectivity index (χ1) is 8.70. The molecule has 2 aromatic rings. The van der Waals surface area contributed by atoms with Crippen LogP contribution in [0.15, 0.2) is 48.5 Å². The summed E-state index contributed by atoms with van der Waals surface area (Å²) in [5, 5.41) is 5.94. The normalized spacial score (nSPS) is 9.89. The zero-order valence-corrected chi connectivity index (χ0v) is 10.5. The summed E-state index contributed by atoms with van der Waals surface area (Å²) >= 11 is 0. The van der Waals surface area contributed by atoms with Crippen molar-refractivity contribution in [3.8, 4) is 0 Å². The lowest BCUT2D eigenvalue weighted by Gasteiger charge is -2.10. The van der Waals surface area contributed by atoms with Gasteiger partial charge in [0.2, 0.25) is 0 Å². The van der Waals surface area contributed by atoms with E-state index in [1.807, 2.05) is 62.5 Å². The Balaban J connectivity index is 2.18. The summed E-state index contributed by atoms with van der Waals surface area (Å²) in [6, 6.07) is 15.1. The Hall–Kier alpha value is -2.29. The van der Waals surface area contributed by atoms with Crippen LogP contribution in [0.5, 0.6) is 0 Å². The molecule has 0 unspecified atom stereocenters. The van der Waals surface area contributed by atoms with Crippen molar-refractivity contribution in [3.05, 3.63) is 59.7 Å². The van der Waals surface area contributed by atoms with Crippen molar-refractivity contribution in [2.75, 3.05) is 17.7 Å². The number of para-hydroxylation sites is 2. The maximum Gasteiger partial charge on any atom is 0.255 e. The highest BCUT2D eigenvalue weighted by Gasteiger charge is 2.07. The van der Waals surface area contributed by atoms with Gasteiger partial charge in [-0.1, -0.05) is 29.8 Å². The number of aryl methyl sites for hydroxylation is 1. The average molecular weight is 240 g/mol. The van der Waals surface area contributed by atoms with Gasteiger partial charge in [-0.15, -0.1) is 0 Å². The van der Waals surface area contributed by atoms with Gasteiger partial charge in [0, 0.05) is 12.6 Å². The van der Waals surface area contributed by atoms with Gasteiger partial charge in [0.1, 0.15) is 0 Å². The lowest BCUT2D eigenvalue weighted by molar-refractivity contribution is 0.102. The van der Waals surface area contributed by atoms with E-state index in [9.17, 15) is 4.79 Å². The second-order valence-electron chi connectivity index (χ2n) is 4.12. The second-order valence-corrected chi connectivity index (χ2v) is 4.12. The van der Waals surface area contributed by atoms with Gasteiger partial charge in [-0.2, -0.15) is 0 Å². The third-order valence-electron chi connectivity index (χ3n) is 2.76. The van der Waals surface area contributed by atoms with E-state index in [4.69, 9.17) is 0 Å². The van der Waals surface area contributed by atoms with Gasteiger partial charge in [0.15, 0.2) is 0 Å². The van der Waals surface area contributed by atoms with Gasteiger partial charge in [-0.3, -0.25) is 4.79 Å². The van der Waals surface area contributed by atoms with Gasteiger partial charge in [-0.05, 0) is 31.2 Å². The number of rotatable bonds is 3. The Labute approximate surface area is 107 Å². The minimum atomic E-state index is -0.0994. The zero-order chi connectivity index (χ0) is 13.0. The van der Waals surface area contributed by atoms with E-state index in [1.165, 1.54) is 0 Å². The van der Waals surface area contributed by atoms with Crippen molar-refractivity contribution in [3.63, 3.8) is 0 Å². The zero-order valence-electron chi connectivity index (χ0n) is 10.5. The van der Waals surface area contributed by atoms with E-state index in [0.717, 1.165) is 16.9 Å².